The van der Waals surface area contributed by atoms with Crippen LogP contribution in [-0.2, 0) is 20.3 Å². The van der Waals surface area contributed by atoms with Gasteiger partial charge in [-0.15, -0.1) is 0 Å². The minimum atomic E-state index is -2.94. The van der Waals surface area contributed by atoms with Gasteiger partial charge in [-0.1, -0.05) is 12.1 Å². The van der Waals surface area contributed by atoms with Gasteiger partial charge in [-0.3, -0.25) is 9.00 Å². The average Bonchev–Trinajstić information content (AvgIpc) is 2.61. The Morgan fingerprint density at radius 3 is 2.38 bits per heavy atom. The molecule has 138 valence electrons. The highest BCUT2D eigenvalue weighted by Gasteiger charge is 2.16. The monoisotopic (exact) mass is 383 g/mol. The van der Waals surface area contributed by atoms with Crippen LogP contribution in [0.3, 0.4) is 0 Å². The van der Waals surface area contributed by atoms with E-state index in [4.69, 9.17) is 4.74 Å². The smallest absolute Gasteiger partial charge is 0.387 e. The van der Waals surface area contributed by atoms with Gasteiger partial charge < -0.3 is 14.8 Å². The van der Waals surface area contributed by atoms with Crippen LogP contribution in [0.5, 0.6) is 5.75 Å². The van der Waals surface area contributed by atoms with Gasteiger partial charge in [0.15, 0.2) is 6.61 Å². The van der Waals surface area contributed by atoms with Crippen molar-refractivity contribution >= 4 is 28.4 Å². The molecule has 0 unspecified atom stereocenters. The summed E-state index contributed by atoms with van der Waals surface area (Å²) in [5.74, 6) is -1.43. The van der Waals surface area contributed by atoms with Crippen LogP contribution in [0.1, 0.15) is 10.4 Å². The third-order valence-corrected chi connectivity index (χ3v) is 4.09. The fourth-order valence-corrected chi connectivity index (χ4v) is 2.74. The van der Waals surface area contributed by atoms with Crippen molar-refractivity contribution < 1.29 is 32.1 Å². The molecule has 0 aliphatic rings. The number of hydrogen-bond donors (Lipinski definition) is 1. The molecule has 0 bridgehead atoms. The number of nitrogens with one attached hydrogen (secondary N) is 1. The maximum atomic E-state index is 12.1. The number of ether oxygens (including phenoxy) is 2. The molecule has 0 aromatic heterocycles. The summed E-state index contributed by atoms with van der Waals surface area (Å²) in [5.41, 5.74) is 0.442. The number of benzene rings is 2. The largest absolute Gasteiger partial charge is 0.452 e. The van der Waals surface area contributed by atoms with Gasteiger partial charge in [0.25, 0.3) is 5.91 Å². The third-order valence-electron chi connectivity index (χ3n) is 3.11. The molecule has 0 spiro atoms. The average molecular weight is 383 g/mol. The highest BCUT2D eigenvalue weighted by Crippen LogP contribution is 2.18. The lowest BCUT2D eigenvalue weighted by atomic mass is 10.2. The highest BCUT2D eigenvalue weighted by atomic mass is 32.2. The zero-order chi connectivity index (χ0) is 19.1. The van der Waals surface area contributed by atoms with Crippen LogP contribution in [0, 0.1) is 0 Å². The van der Waals surface area contributed by atoms with Crippen molar-refractivity contribution in [2.24, 2.45) is 0 Å². The summed E-state index contributed by atoms with van der Waals surface area (Å²) in [5, 5.41) is 2.45. The number of rotatable bonds is 7. The normalized spacial score (nSPS) is 11.7. The first kappa shape index (κ1) is 19.5. The van der Waals surface area contributed by atoms with Crippen molar-refractivity contribution in [3.63, 3.8) is 0 Å². The van der Waals surface area contributed by atoms with Crippen LogP contribution in [0.4, 0.5) is 14.5 Å². The maximum Gasteiger partial charge on any atom is 0.387 e. The molecule has 9 heteroatoms. The Hall–Kier alpha value is -2.81. The van der Waals surface area contributed by atoms with Gasteiger partial charge in [-0.05, 0) is 36.4 Å². The van der Waals surface area contributed by atoms with Crippen molar-refractivity contribution in [2.75, 3.05) is 18.2 Å². The summed E-state index contributed by atoms with van der Waals surface area (Å²) in [4.78, 5) is 24.2. The lowest BCUT2D eigenvalue weighted by Crippen LogP contribution is -2.21. The van der Waals surface area contributed by atoms with E-state index in [1.54, 1.807) is 12.1 Å². The molecule has 0 saturated heterocycles. The summed E-state index contributed by atoms with van der Waals surface area (Å²) in [6.45, 7) is -3.49. The SMILES string of the molecule is C[S@@](=O)c1ccccc1C(=O)OCC(=O)Nc1ccc(OC(F)F)cc1. The van der Waals surface area contributed by atoms with E-state index < -0.39 is 35.9 Å². The van der Waals surface area contributed by atoms with Crippen LogP contribution < -0.4 is 10.1 Å². The molecule has 0 aliphatic heterocycles. The number of halogens is 2. The fraction of sp³-hybridized carbons (Fsp3) is 0.176. The minimum Gasteiger partial charge on any atom is -0.452 e. The molecular formula is C17H15F2NO5S. The Morgan fingerprint density at radius 1 is 1.12 bits per heavy atom. The van der Waals surface area contributed by atoms with E-state index in [0.29, 0.717) is 10.6 Å². The lowest BCUT2D eigenvalue weighted by molar-refractivity contribution is -0.119. The summed E-state index contributed by atoms with van der Waals surface area (Å²) in [7, 11) is -1.38. The molecule has 2 aromatic rings. The van der Waals surface area contributed by atoms with E-state index in [1.165, 1.54) is 42.7 Å². The number of carbonyl (C=O) groups is 2. The second-order valence-electron chi connectivity index (χ2n) is 4.98. The minimum absolute atomic E-state index is 0.0476. The Bertz CT molecular complexity index is 811. The molecule has 1 atom stereocenters. The zero-order valence-electron chi connectivity index (χ0n) is 13.6. The first-order valence-corrected chi connectivity index (χ1v) is 8.87. The van der Waals surface area contributed by atoms with E-state index in [0.717, 1.165) is 0 Å². The quantitative estimate of drug-likeness (QED) is 0.744. The molecule has 0 saturated carbocycles. The molecule has 6 nitrogen and oxygen atoms in total. The maximum absolute atomic E-state index is 12.1. The molecule has 0 aliphatic carbocycles. The second-order valence-corrected chi connectivity index (χ2v) is 6.33. The van der Waals surface area contributed by atoms with Crippen molar-refractivity contribution in [2.45, 2.75) is 11.5 Å². The Morgan fingerprint density at radius 2 is 1.77 bits per heavy atom. The molecule has 26 heavy (non-hydrogen) atoms. The fourth-order valence-electron chi connectivity index (χ4n) is 2.01. The van der Waals surface area contributed by atoms with Gasteiger partial charge in [-0.25, -0.2) is 4.79 Å². The summed E-state index contributed by atoms with van der Waals surface area (Å²) < 4.78 is 44.9. The van der Waals surface area contributed by atoms with Gasteiger partial charge in [0, 0.05) is 11.9 Å². The van der Waals surface area contributed by atoms with Crippen LogP contribution >= 0.6 is 0 Å². The van der Waals surface area contributed by atoms with E-state index in [1.807, 2.05) is 0 Å². The first-order valence-electron chi connectivity index (χ1n) is 7.31. The number of anilines is 1. The van der Waals surface area contributed by atoms with Crippen molar-refractivity contribution in [1.82, 2.24) is 0 Å². The van der Waals surface area contributed by atoms with Crippen LogP contribution in [-0.4, -0.2) is 35.6 Å². The van der Waals surface area contributed by atoms with Gasteiger partial charge in [0.05, 0.1) is 21.3 Å². The summed E-state index contributed by atoms with van der Waals surface area (Å²) in [6.07, 6.45) is 1.43. The van der Waals surface area contributed by atoms with Gasteiger partial charge in [-0.2, -0.15) is 8.78 Å². The molecule has 2 rings (SSSR count). The van der Waals surface area contributed by atoms with Crippen LogP contribution in [0.2, 0.25) is 0 Å². The second kappa shape index (κ2) is 9.04. The van der Waals surface area contributed by atoms with Gasteiger partial charge in [0.2, 0.25) is 0 Å². The number of hydrogen-bond acceptors (Lipinski definition) is 5. The number of esters is 1. The molecule has 2 aromatic carbocycles. The Balaban J connectivity index is 1.91. The molecule has 1 amide bonds. The number of amides is 1. The molecule has 0 heterocycles. The topological polar surface area (TPSA) is 81.7 Å². The Kier molecular flexibility index (Phi) is 6.79. The highest BCUT2D eigenvalue weighted by molar-refractivity contribution is 7.84. The van der Waals surface area contributed by atoms with Crippen LogP contribution in [0.15, 0.2) is 53.4 Å². The van der Waals surface area contributed by atoms with E-state index in [-0.39, 0.29) is 11.3 Å². The summed E-state index contributed by atoms with van der Waals surface area (Å²) in [6, 6.07) is 11.5. The Labute approximate surface area is 150 Å². The summed E-state index contributed by atoms with van der Waals surface area (Å²) >= 11 is 0. The van der Waals surface area contributed by atoms with E-state index in [2.05, 4.69) is 10.1 Å². The number of carbonyl (C=O) groups excluding carboxylic acids is 2. The lowest BCUT2D eigenvalue weighted by Gasteiger charge is -2.09. The van der Waals surface area contributed by atoms with Crippen LogP contribution in [0.25, 0.3) is 0 Å². The number of alkyl halides is 2. The van der Waals surface area contributed by atoms with Crippen molar-refractivity contribution in [3.05, 3.63) is 54.1 Å². The van der Waals surface area contributed by atoms with Gasteiger partial charge >= 0.3 is 12.6 Å². The standard InChI is InChI=1S/C17H15F2NO5S/c1-26(23)14-5-3-2-4-13(14)16(22)24-10-15(21)20-11-6-8-12(9-7-11)25-17(18)19/h2-9,17H,10H2,1H3,(H,20,21)/t26-/m1/s1. The molecule has 1 N–H and O–H groups in total. The third kappa shape index (κ3) is 5.62. The predicted octanol–water partition coefficient (Wildman–Crippen LogP) is 2.82. The predicted molar refractivity (Wildman–Crippen MR) is 90.8 cm³/mol. The zero-order valence-corrected chi connectivity index (χ0v) is 14.4. The molecule has 0 fully saturated rings. The first-order chi connectivity index (χ1) is 12.4. The van der Waals surface area contributed by atoms with Gasteiger partial charge in [0.1, 0.15) is 5.75 Å². The van der Waals surface area contributed by atoms with Crippen molar-refractivity contribution in [3.8, 4) is 5.75 Å². The van der Waals surface area contributed by atoms with E-state index in [9.17, 15) is 22.6 Å². The van der Waals surface area contributed by atoms with E-state index >= 15 is 0 Å². The van der Waals surface area contributed by atoms with Crippen molar-refractivity contribution in [1.29, 1.82) is 0 Å². The molecular weight excluding hydrogens is 368 g/mol. The molecule has 0 radical (unpaired) electrons.